The maximum absolute atomic E-state index is 12.5. The molecule has 0 rings (SSSR count). The number of nitrogens with zero attached hydrogens (tertiary/aromatic N) is 3. The minimum atomic E-state index is -0.365. The minimum Gasteiger partial charge on any atom is -0.466 e. The number of esters is 2. The van der Waals surface area contributed by atoms with Crippen molar-refractivity contribution in [1.29, 1.82) is 0 Å². The lowest BCUT2D eigenvalue weighted by Gasteiger charge is -2.31. The van der Waals surface area contributed by atoms with Gasteiger partial charge >= 0.3 is 11.9 Å². The molecule has 0 aromatic rings. The first-order valence-electron chi connectivity index (χ1n) is 29.2. The van der Waals surface area contributed by atoms with Crippen LogP contribution in [-0.4, -0.2) is 112 Å². The Morgan fingerprint density at radius 3 is 1.03 bits per heavy atom. The molecular weight excluding hydrogens is 819 g/mol. The molecule has 2 unspecified atom stereocenters. The summed E-state index contributed by atoms with van der Waals surface area (Å²) >= 11 is 0. The maximum Gasteiger partial charge on any atom is 0.305 e. The van der Waals surface area contributed by atoms with Crippen LogP contribution in [0.4, 0.5) is 0 Å². The summed E-state index contributed by atoms with van der Waals surface area (Å²) in [6.07, 6.45) is 48.9. The fourth-order valence-corrected chi connectivity index (χ4v) is 9.43. The van der Waals surface area contributed by atoms with Gasteiger partial charge in [0.2, 0.25) is 0 Å². The highest BCUT2D eigenvalue weighted by atomic mass is 16.5. The van der Waals surface area contributed by atoms with E-state index in [1.165, 1.54) is 167 Å². The van der Waals surface area contributed by atoms with Crippen LogP contribution in [0.5, 0.6) is 0 Å². The highest BCUT2D eigenvalue weighted by Crippen LogP contribution is 2.22. The van der Waals surface area contributed by atoms with Crippen molar-refractivity contribution >= 4 is 11.9 Å². The van der Waals surface area contributed by atoms with E-state index < -0.39 is 0 Å². The molecular formula is C58H117N3O5. The molecule has 0 aromatic heterocycles. The Hall–Kier alpha value is -1.22. The Labute approximate surface area is 412 Å². The fourth-order valence-electron chi connectivity index (χ4n) is 9.43. The Morgan fingerprint density at radius 2 is 0.682 bits per heavy atom. The number of carbonyl (C=O) groups is 2. The quantitative estimate of drug-likeness (QED) is 0.0477. The molecule has 0 aliphatic carbocycles. The van der Waals surface area contributed by atoms with Crippen LogP contribution in [-0.2, 0) is 19.1 Å². The molecule has 0 saturated heterocycles. The van der Waals surface area contributed by atoms with Crippen molar-refractivity contribution in [1.82, 2.24) is 14.7 Å². The molecule has 0 spiro atoms. The first-order valence-corrected chi connectivity index (χ1v) is 29.2. The van der Waals surface area contributed by atoms with E-state index in [1.54, 1.807) is 0 Å². The van der Waals surface area contributed by atoms with E-state index in [4.69, 9.17) is 9.47 Å². The standard InChI is InChI=1S/C58H117N3O5/c1-7-9-11-13-15-17-19-21-23-25-27-29-31-33-37-46-57(63)65-52-40-35-36-45-56(62)55(54-61(50-42-48-59(3)4)51-43-49-60(5)6)44-39-41-53-66-58(64)47-38-34-32-30-28-26-24-22-20-18-16-14-12-10-8-2/h55-56,62H,7-54H2,1-6H3. The Balaban J connectivity index is 4.41. The number of rotatable bonds is 54. The predicted octanol–water partition coefficient (Wildman–Crippen LogP) is 15.5. The lowest BCUT2D eigenvalue weighted by molar-refractivity contribution is -0.144. The van der Waals surface area contributed by atoms with Gasteiger partial charge in [0.1, 0.15) is 0 Å². The van der Waals surface area contributed by atoms with E-state index in [-0.39, 0.29) is 24.0 Å². The van der Waals surface area contributed by atoms with Crippen molar-refractivity contribution in [3.63, 3.8) is 0 Å². The topological polar surface area (TPSA) is 82.5 Å². The molecule has 0 heterocycles. The van der Waals surface area contributed by atoms with Crippen molar-refractivity contribution in [2.75, 3.05) is 74.1 Å². The molecule has 1 N–H and O–H groups in total. The summed E-state index contributed by atoms with van der Waals surface area (Å²) < 4.78 is 11.3. The maximum atomic E-state index is 12.5. The van der Waals surface area contributed by atoms with Gasteiger partial charge in [-0.3, -0.25) is 9.59 Å². The van der Waals surface area contributed by atoms with E-state index in [1.807, 2.05) is 0 Å². The lowest BCUT2D eigenvalue weighted by atomic mass is 9.91. The number of aliphatic hydroxyl groups is 1. The van der Waals surface area contributed by atoms with Gasteiger partial charge in [-0.25, -0.2) is 0 Å². The second-order valence-corrected chi connectivity index (χ2v) is 21.1. The monoisotopic (exact) mass is 936 g/mol. The summed E-state index contributed by atoms with van der Waals surface area (Å²) in [5, 5.41) is 11.6. The van der Waals surface area contributed by atoms with E-state index in [9.17, 15) is 14.7 Å². The van der Waals surface area contributed by atoms with Crippen molar-refractivity contribution in [2.24, 2.45) is 5.92 Å². The molecule has 394 valence electrons. The minimum absolute atomic E-state index is 0.0510. The normalized spacial score (nSPS) is 12.8. The third-order valence-electron chi connectivity index (χ3n) is 13.8. The van der Waals surface area contributed by atoms with E-state index in [2.05, 4.69) is 56.7 Å². The summed E-state index contributed by atoms with van der Waals surface area (Å²) in [5.41, 5.74) is 0. The van der Waals surface area contributed by atoms with Crippen molar-refractivity contribution in [3.8, 4) is 0 Å². The third kappa shape index (κ3) is 49.2. The molecule has 0 aliphatic rings. The number of unbranched alkanes of at least 4 members (excludes halogenated alkanes) is 31. The van der Waals surface area contributed by atoms with Crippen LogP contribution < -0.4 is 0 Å². The lowest BCUT2D eigenvalue weighted by Crippen LogP contribution is -2.38. The molecule has 0 fully saturated rings. The molecule has 0 amide bonds. The zero-order chi connectivity index (χ0) is 48.4. The number of hydrogen-bond acceptors (Lipinski definition) is 8. The third-order valence-corrected chi connectivity index (χ3v) is 13.8. The molecule has 2 atom stereocenters. The first-order chi connectivity index (χ1) is 32.2. The molecule has 0 aromatic carbocycles. The van der Waals surface area contributed by atoms with E-state index in [0.717, 1.165) is 116 Å². The van der Waals surface area contributed by atoms with Gasteiger partial charge in [-0.2, -0.15) is 0 Å². The Morgan fingerprint density at radius 1 is 0.379 bits per heavy atom. The van der Waals surface area contributed by atoms with Crippen LogP contribution in [0.1, 0.15) is 277 Å². The molecule has 66 heavy (non-hydrogen) atoms. The number of carbonyl (C=O) groups excluding carboxylic acids is 2. The van der Waals surface area contributed by atoms with Gasteiger partial charge in [-0.05, 0) is 124 Å². The van der Waals surface area contributed by atoms with Gasteiger partial charge in [0.05, 0.1) is 19.3 Å². The zero-order valence-electron chi connectivity index (χ0n) is 45.5. The van der Waals surface area contributed by atoms with Gasteiger partial charge < -0.3 is 29.3 Å². The zero-order valence-corrected chi connectivity index (χ0v) is 45.5. The molecule has 8 heteroatoms. The summed E-state index contributed by atoms with van der Waals surface area (Å²) in [6.45, 7) is 10.6. The number of hydrogen-bond donors (Lipinski definition) is 1. The van der Waals surface area contributed by atoms with Crippen LogP contribution >= 0.6 is 0 Å². The fraction of sp³-hybridized carbons (Fsp3) is 0.966. The Kier molecular flexibility index (Phi) is 50.7. The van der Waals surface area contributed by atoms with E-state index in [0.29, 0.717) is 26.1 Å². The smallest absolute Gasteiger partial charge is 0.305 e. The largest absolute Gasteiger partial charge is 0.466 e. The van der Waals surface area contributed by atoms with Gasteiger partial charge in [0.25, 0.3) is 0 Å². The number of aliphatic hydroxyl groups excluding tert-OH is 1. The predicted molar refractivity (Wildman–Crippen MR) is 286 cm³/mol. The molecule has 0 aliphatic heterocycles. The average molecular weight is 937 g/mol. The highest BCUT2D eigenvalue weighted by Gasteiger charge is 2.22. The second kappa shape index (κ2) is 51.6. The molecule has 0 bridgehead atoms. The average Bonchev–Trinajstić information content (AvgIpc) is 3.29. The van der Waals surface area contributed by atoms with Crippen molar-refractivity contribution < 1.29 is 24.2 Å². The Bertz CT molecular complexity index is 982. The number of ether oxygens (including phenoxy) is 2. The van der Waals surface area contributed by atoms with Crippen LogP contribution in [0.25, 0.3) is 0 Å². The van der Waals surface area contributed by atoms with Gasteiger partial charge in [-0.1, -0.05) is 200 Å². The summed E-state index contributed by atoms with van der Waals surface area (Å²) in [7, 11) is 8.55. The van der Waals surface area contributed by atoms with Gasteiger partial charge in [0.15, 0.2) is 0 Å². The summed E-state index contributed by atoms with van der Waals surface area (Å²) in [5.74, 6) is 0.0847. The summed E-state index contributed by atoms with van der Waals surface area (Å²) in [4.78, 5) is 32.0. The van der Waals surface area contributed by atoms with E-state index >= 15 is 0 Å². The molecule has 0 radical (unpaired) electrons. The van der Waals surface area contributed by atoms with Crippen LogP contribution in [0.2, 0.25) is 0 Å². The molecule has 0 saturated carbocycles. The van der Waals surface area contributed by atoms with Gasteiger partial charge in [0, 0.05) is 19.4 Å². The van der Waals surface area contributed by atoms with Crippen LogP contribution in [0, 0.1) is 5.92 Å². The van der Waals surface area contributed by atoms with Gasteiger partial charge in [-0.15, -0.1) is 0 Å². The summed E-state index contributed by atoms with van der Waals surface area (Å²) in [6, 6.07) is 0. The van der Waals surface area contributed by atoms with Crippen LogP contribution in [0.15, 0.2) is 0 Å². The van der Waals surface area contributed by atoms with Crippen molar-refractivity contribution in [2.45, 2.75) is 283 Å². The first kappa shape index (κ1) is 64.8. The second-order valence-electron chi connectivity index (χ2n) is 21.1. The van der Waals surface area contributed by atoms with Crippen molar-refractivity contribution in [3.05, 3.63) is 0 Å². The SMILES string of the molecule is CCCCCCCCCCCCCCCCCC(=O)OCCCCCC(O)C(CCCCOC(=O)CCCCCCCCCCCCCCCCC)CN(CCCN(C)C)CCCN(C)C. The van der Waals surface area contributed by atoms with Crippen LogP contribution in [0.3, 0.4) is 0 Å². The molecule has 8 nitrogen and oxygen atoms in total. The highest BCUT2D eigenvalue weighted by molar-refractivity contribution is 5.69.